The fourth-order valence-electron chi connectivity index (χ4n) is 4.17. The van der Waals surface area contributed by atoms with Gasteiger partial charge in [0.25, 0.3) is 15.9 Å². The highest BCUT2D eigenvalue weighted by Crippen LogP contribution is 2.28. The van der Waals surface area contributed by atoms with Crippen molar-refractivity contribution in [3.05, 3.63) is 45.4 Å². The molecule has 9 nitrogen and oxygen atoms in total. The Balaban J connectivity index is 1.28. The molecule has 1 aliphatic carbocycles. The van der Waals surface area contributed by atoms with Crippen molar-refractivity contribution in [2.75, 3.05) is 26.2 Å². The number of rotatable bonds is 3. The quantitative estimate of drug-likeness (QED) is 0.336. The number of benzene rings is 1. The van der Waals surface area contributed by atoms with Gasteiger partial charge < -0.3 is 15.1 Å². The number of amides is 1. The van der Waals surface area contributed by atoms with Crippen LogP contribution in [-0.4, -0.2) is 70.6 Å². The lowest BCUT2D eigenvalue weighted by atomic mass is 10.0. The highest BCUT2D eigenvalue weighted by molar-refractivity contribution is 7.89. The number of terminal acetylenes is 1. The maximum absolute atomic E-state index is 13.2. The van der Waals surface area contributed by atoms with Gasteiger partial charge in [0.05, 0.1) is 11.4 Å². The Morgan fingerprint density at radius 2 is 2.00 bits per heavy atom. The summed E-state index contributed by atoms with van der Waals surface area (Å²) in [5.41, 5.74) is 2.95. The topological polar surface area (TPSA) is 119 Å². The Hall–Kier alpha value is -3.20. The molecule has 2 aromatic heterocycles. The maximum Gasteiger partial charge on any atom is 0.282 e. The largest absolute Gasteiger partial charge is 0.411 e. The summed E-state index contributed by atoms with van der Waals surface area (Å²) >= 11 is 1.32. The Morgan fingerprint density at radius 1 is 1.21 bits per heavy atom. The minimum atomic E-state index is -3.73. The van der Waals surface area contributed by atoms with Crippen LogP contribution in [0.3, 0.4) is 0 Å². The zero-order chi connectivity index (χ0) is 23.2. The molecule has 1 saturated heterocycles. The van der Waals surface area contributed by atoms with E-state index < -0.39 is 10.0 Å². The van der Waals surface area contributed by atoms with E-state index in [0.29, 0.717) is 41.1 Å². The molecule has 1 amide bonds. The molecular formula is C22H21N5O4S2. The van der Waals surface area contributed by atoms with Crippen LogP contribution >= 0.6 is 11.3 Å². The number of aromatic nitrogens is 2. The van der Waals surface area contributed by atoms with E-state index in [4.69, 9.17) is 11.6 Å². The number of carbonyl (C=O) groups is 1. The number of aryl methyl sites for hydroxylation is 1. The van der Waals surface area contributed by atoms with E-state index in [1.807, 2.05) is 0 Å². The second-order valence-electron chi connectivity index (χ2n) is 8.01. The first-order chi connectivity index (χ1) is 15.9. The van der Waals surface area contributed by atoms with Crippen LogP contribution in [0.2, 0.25) is 0 Å². The molecule has 0 atom stereocenters. The molecule has 11 heteroatoms. The zero-order valence-electron chi connectivity index (χ0n) is 17.6. The molecule has 3 heterocycles. The second kappa shape index (κ2) is 8.30. The van der Waals surface area contributed by atoms with E-state index in [-0.39, 0.29) is 37.1 Å². The summed E-state index contributed by atoms with van der Waals surface area (Å²) in [7, 11) is -3.73. The molecule has 1 aliphatic heterocycles. The molecule has 5 rings (SSSR count). The molecule has 2 N–H and O–H groups in total. The zero-order valence-corrected chi connectivity index (χ0v) is 19.2. The summed E-state index contributed by atoms with van der Waals surface area (Å²) < 4.78 is 27.7. The van der Waals surface area contributed by atoms with Gasteiger partial charge in [0.1, 0.15) is 5.03 Å². The van der Waals surface area contributed by atoms with E-state index in [1.54, 1.807) is 29.2 Å². The molecule has 3 aromatic rings. The summed E-state index contributed by atoms with van der Waals surface area (Å²) in [6.07, 6.45) is 7.23. The van der Waals surface area contributed by atoms with Crippen molar-refractivity contribution in [3.63, 3.8) is 0 Å². The normalized spacial score (nSPS) is 18.4. The van der Waals surface area contributed by atoms with Gasteiger partial charge in [-0.05, 0) is 37.1 Å². The van der Waals surface area contributed by atoms with Crippen LogP contribution in [0.15, 0.2) is 34.4 Å². The van der Waals surface area contributed by atoms with Crippen LogP contribution in [0, 0.1) is 12.3 Å². The number of thiazole rings is 1. The lowest BCUT2D eigenvalue weighted by molar-refractivity contribution is 0.0697. The van der Waals surface area contributed by atoms with Gasteiger partial charge in [-0.2, -0.15) is 4.31 Å². The SMILES string of the molecule is C#Cc1ccc2[nH]c(S(=O)(=O)N3CCN(C(=O)c4nc5c(s4)C/C(=N\O)CC5)CC3)cc2c1. The van der Waals surface area contributed by atoms with Gasteiger partial charge in [-0.1, -0.05) is 11.1 Å². The van der Waals surface area contributed by atoms with Crippen molar-refractivity contribution >= 4 is 43.9 Å². The van der Waals surface area contributed by atoms with Gasteiger partial charge in [-0.3, -0.25) is 4.79 Å². The molecule has 170 valence electrons. The minimum absolute atomic E-state index is 0.111. The van der Waals surface area contributed by atoms with Gasteiger partial charge in [0.2, 0.25) is 0 Å². The van der Waals surface area contributed by atoms with Gasteiger partial charge in [-0.25, -0.2) is 13.4 Å². The number of sulfonamides is 1. The molecular weight excluding hydrogens is 462 g/mol. The molecule has 0 saturated carbocycles. The van der Waals surface area contributed by atoms with Gasteiger partial charge >= 0.3 is 0 Å². The monoisotopic (exact) mass is 483 g/mol. The first-order valence-electron chi connectivity index (χ1n) is 10.5. The third kappa shape index (κ3) is 3.90. The van der Waals surface area contributed by atoms with Crippen LogP contribution in [0.25, 0.3) is 10.9 Å². The molecule has 0 spiro atoms. The number of carbonyl (C=O) groups excluding carboxylic acids is 1. The molecule has 33 heavy (non-hydrogen) atoms. The number of oxime groups is 1. The summed E-state index contributed by atoms with van der Waals surface area (Å²) in [5.74, 6) is 2.35. The van der Waals surface area contributed by atoms with Crippen molar-refractivity contribution in [2.45, 2.75) is 24.3 Å². The smallest absolute Gasteiger partial charge is 0.282 e. The van der Waals surface area contributed by atoms with Crippen molar-refractivity contribution in [1.82, 2.24) is 19.2 Å². The number of hydrogen-bond donors (Lipinski definition) is 2. The van der Waals surface area contributed by atoms with E-state index in [2.05, 4.69) is 21.0 Å². The summed E-state index contributed by atoms with van der Waals surface area (Å²) in [5, 5.41) is 13.5. The Morgan fingerprint density at radius 3 is 2.73 bits per heavy atom. The van der Waals surface area contributed by atoms with Gasteiger partial charge in [0.15, 0.2) is 5.01 Å². The number of hydrogen-bond acceptors (Lipinski definition) is 7. The second-order valence-corrected chi connectivity index (χ2v) is 11.0. The molecule has 0 unspecified atom stereocenters. The Labute approximate surface area is 194 Å². The predicted molar refractivity (Wildman–Crippen MR) is 124 cm³/mol. The standard InChI is InChI=1S/C22H21N5O4S2/c1-2-14-3-5-17-15(11-14)12-20(23-17)33(30,31)27-9-7-26(8-10-27)22(28)21-24-18-6-4-16(25-29)13-19(18)32-21/h1,3,5,11-12,23,29H,4,6-10,13H2/b25-16-. The first-order valence-corrected chi connectivity index (χ1v) is 12.7. The van der Waals surface area contributed by atoms with Crippen LogP contribution in [0.1, 0.15) is 32.4 Å². The van der Waals surface area contributed by atoms with Crippen LogP contribution < -0.4 is 0 Å². The van der Waals surface area contributed by atoms with Crippen molar-refractivity contribution in [2.24, 2.45) is 5.16 Å². The third-order valence-electron chi connectivity index (χ3n) is 6.02. The number of piperazine rings is 1. The molecule has 0 radical (unpaired) electrons. The van der Waals surface area contributed by atoms with E-state index in [1.165, 1.54) is 15.6 Å². The highest BCUT2D eigenvalue weighted by atomic mass is 32.2. The average Bonchev–Trinajstić information content (AvgIpc) is 3.47. The number of nitrogens with one attached hydrogen (secondary N) is 1. The Bertz CT molecular complexity index is 1420. The predicted octanol–water partition coefficient (Wildman–Crippen LogP) is 2.07. The summed E-state index contributed by atoms with van der Waals surface area (Å²) in [6.45, 7) is 0.969. The van der Waals surface area contributed by atoms with Crippen molar-refractivity contribution in [1.29, 1.82) is 0 Å². The lowest BCUT2D eigenvalue weighted by Gasteiger charge is -2.33. The third-order valence-corrected chi connectivity index (χ3v) is 8.93. The van der Waals surface area contributed by atoms with Crippen molar-refractivity contribution in [3.8, 4) is 12.3 Å². The van der Waals surface area contributed by atoms with Gasteiger partial charge in [-0.15, -0.1) is 17.8 Å². The minimum Gasteiger partial charge on any atom is -0.411 e. The van der Waals surface area contributed by atoms with Crippen LogP contribution in [0.4, 0.5) is 0 Å². The highest BCUT2D eigenvalue weighted by Gasteiger charge is 2.33. The fourth-order valence-corrected chi connectivity index (χ4v) is 6.72. The number of aromatic amines is 1. The lowest BCUT2D eigenvalue weighted by Crippen LogP contribution is -2.50. The average molecular weight is 484 g/mol. The maximum atomic E-state index is 13.2. The first kappa shape index (κ1) is 21.6. The molecule has 1 aromatic carbocycles. The van der Waals surface area contributed by atoms with E-state index in [9.17, 15) is 13.2 Å². The van der Waals surface area contributed by atoms with Gasteiger partial charge in [0, 0.05) is 53.9 Å². The van der Waals surface area contributed by atoms with Crippen LogP contribution in [0.5, 0.6) is 0 Å². The number of nitrogens with zero attached hydrogens (tertiary/aromatic N) is 4. The fraction of sp³-hybridized carbons (Fsp3) is 0.318. The van der Waals surface area contributed by atoms with E-state index >= 15 is 0 Å². The number of fused-ring (bicyclic) bond motifs is 2. The molecule has 1 fully saturated rings. The number of H-pyrrole nitrogens is 1. The van der Waals surface area contributed by atoms with E-state index in [0.717, 1.165) is 16.0 Å². The summed E-state index contributed by atoms with van der Waals surface area (Å²) in [6, 6.07) is 6.88. The summed E-state index contributed by atoms with van der Waals surface area (Å²) in [4.78, 5) is 23.0. The Kier molecular flexibility index (Phi) is 5.44. The van der Waals surface area contributed by atoms with Crippen molar-refractivity contribution < 1.29 is 18.4 Å². The molecule has 2 aliphatic rings. The van der Waals surface area contributed by atoms with Crippen LogP contribution in [-0.2, 0) is 22.9 Å². The molecule has 0 bridgehead atoms.